The Kier molecular flexibility index (Phi) is 4.84. The number of imidazole rings is 1. The van der Waals surface area contributed by atoms with Gasteiger partial charge in [0.25, 0.3) is 0 Å². The number of carbonyl (C=O) groups excluding carboxylic acids is 1. The first kappa shape index (κ1) is 17.0. The van der Waals surface area contributed by atoms with E-state index in [4.69, 9.17) is 0 Å². The highest BCUT2D eigenvalue weighted by atomic mass is 32.2. The smallest absolute Gasteiger partial charge is 0.321 e. The van der Waals surface area contributed by atoms with Crippen LogP contribution in [-0.2, 0) is 0 Å². The van der Waals surface area contributed by atoms with Gasteiger partial charge in [-0.1, -0.05) is 31.2 Å². The molecule has 2 N–H and O–H groups in total. The van der Waals surface area contributed by atoms with Crippen molar-refractivity contribution in [2.75, 3.05) is 24.2 Å². The monoisotopic (exact) mass is 366 g/mol. The van der Waals surface area contributed by atoms with E-state index in [9.17, 15) is 4.79 Å². The van der Waals surface area contributed by atoms with Gasteiger partial charge in [0.2, 0.25) is 0 Å². The molecule has 0 radical (unpaired) electrons. The number of H-pyrrole nitrogens is 1. The van der Waals surface area contributed by atoms with E-state index in [2.05, 4.69) is 28.3 Å². The highest BCUT2D eigenvalue weighted by Crippen LogP contribution is 2.30. The van der Waals surface area contributed by atoms with Crippen LogP contribution in [-0.4, -0.2) is 39.7 Å². The summed E-state index contributed by atoms with van der Waals surface area (Å²) in [5.74, 6) is 2.29. The zero-order valence-electron chi connectivity index (χ0n) is 14.7. The van der Waals surface area contributed by atoms with E-state index in [0.29, 0.717) is 13.1 Å². The molecule has 0 saturated carbocycles. The van der Waals surface area contributed by atoms with E-state index in [0.717, 1.165) is 39.6 Å². The van der Waals surface area contributed by atoms with Gasteiger partial charge < -0.3 is 15.2 Å². The second-order valence-electron chi connectivity index (χ2n) is 6.52. The summed E-state index contributed by atoms with van der Waals surface area (Å²) in [4.78, 5) is 23.5. The summed E-state index contributed by atoms with van der Waals surface area (Å²) in [6.07, 6.45) is 1.11. The van der Waals surface area contributed by atoms with E-state index in [-0.39, 0.29) is 11.9 Å². The van der Waals surface area contributed by atoms with Crippen LogP contribution < -0.4 is 5.32 Å². The van der Waals surface area contributed by atoms with Gasteiger partial charge in [-0.25, -0.2) is 9.78 Å². The molecule has 26 heavy (non-hydrogen) atoms. The number of likely N-dealkylation sites (tertiary alicyclic amines) is 1. The van der Waals surface area contributed by atoms with E-state index >= 15 is 0 Å². The summed E-state index contributed by atoms with van der Waals surface area (Å²) in [6.45, 7) is 3.54. The SMILES string of the molecule is CCCSc1ccccc1NC(=O)N1CC(c2nc3ccccc3[nH]2)C1. The molecule has 134 valence electrons. The second kappa shape index (κ2) is 7.41. The standard InChI is InChI=1S/C20H22N4OS/c1-2-11-26-18-10-6-5-9-17(18)23-20(25)24-12-14(13-24)19-21-15-7-3-4-8-16(15)22-19/h3-10,14H,2,11-13H2,1H3,(H,21,22)(H,23,25). The molecule has 0 spiro atoms. The summed E-state index contributed by atoms with van der Waals surface area (Å²) >= 11 is 1.78. The molecule has 0 atom stereocenters. The van der Waals surface area contributed by atoms with Gasteiger partial charge in [-0.2, -0.15) is 0 Å². The zero-order chi connectivity index (χ0) is 17.9. The van der Waals surface area contributed by atoms with E-state index in [1.54, 1.807) is 11.8 Å². The first-order valence-electron chi connectivity index (χ1n) is 8.97. The predicted octanol–water partition coefficient (Wildman–Crippen LogP) is 4.70. The third-order valence-corrected chi connectivity index (χ3v) is 5.83. The minimum Gasteiger partial charge on any atom is -0.342 e. The summed E-state index contributed by atoms with van der Waals surface area (Å²) in [5, 5.41) is 3.06. The Morgan fingerprint density at radius 2 is 2.00 bits per heavy atom. The van der Waals surface area contributed by atoms with Gasteiger partial charge in [0.15, 0.2) is 0 Å². The highest BCUT2D eigenvalue weighted by molar-refractivity contribution is 7.99. The van der Waals surface area contributed by atoms with Crippen LogP contribution in [0.1, 0.15) is 25.1 Å². The normalized spacial score (nSPS) is 14.4. The minimum atomic E-state index is -0.0399. The number of urea groups is 1. The fourth-order valence-electron chi connectivity index (χ4n) is 3.09. The number of nitrogens with one attached hydrogen (secondary N) is 2. The number of anilines is 1. The zero-order valence-corrected chi connectivity index (χ0v) is 15.6. The van der Waals surface area contributed by atoms with Crippen LogP contribution in [0.5, 0.6) is 0 Å². The van der Waals surface area contributed by atoms with Crippen molar-refractivity contribution in [2.24, 2.45) is 0 Å². The van der Waals surface area contributed by atoms with Crippen molar-refractivity contribution in [2.45, 2.75) is 24.2 Å². The predicted molar refractivity (Wildman–Crippen MR) is 107 cm³/mol. The average molecular weight is 366 g/mol. The summed E-state index contributed by atoms with van der Waals surface area (Å²) in [7, 11) is 0. The maximum absolute atomic E-state index is 12.5. The lowest BCUT2D eigenvalue weighted by Crippen LogP contribution is -2.50. The molecule has 1 fully saturated rings. The van der Waals surface area contributed by atoms with Gasteiger partial charge in [0.05, 0.1) is 22.6 Å². The molecule has 0 unspecified atom stereocenters. The van der Waals surface area contributed by atoms with Crippen molar-refractivity contribution in [1.82, 2.24) is 14.9 Å². The van der Waals surface area contributed by atoms with Crippen molar-refractivity contribution < 1.29 is 4.79 Å². The van der Waals surface area contributed by atoms with Gasteiger partial charge in [0.1, 0.15) is 5.82 Å². The topological polar surface area (TPSA) is 61.0 Å². The van der Waals surface area contributed by atoms with E-state index in [1.807, 2.05) is 47.4 Å². The molecule has 2 amide bonds. The molecule has 1 aromatic heterocycles. The quantitative estimate of drug-likeness (QED) is 0.644. The van der Waals surface area contributed by atoms with Crippen molar-refractivity contribution in [3.05, 3.63) is 54.4 Å². The van der Waals surface area contributed by atoms with Crippen LogP contribution in [0.4, 0.5) is 10.5 Å². The molecule has 1 aliphatic rings. The molecule has 0 aliphatic carbocycles. The Hall–Kier alpha value is -2.47. The molecular weight excluding hydrogens is 344 g/mol. The number of thioether (sulfide) groups is 1. The van der Waals surface area contributed by atoms with Crippen molar-refractivity contribution in [3.63, 3.8) is 0 Å². The molecule has 2 aromatic carbocycles. The van der Waals surface area contributed by atoms with Crippen LogP contribution in [0.3, 0.4) is 0 Å². The largest absolute Gasteiger partial charge is 0.342 e. The molecule has 3 aromatic rings. The number of amides is 2. The van der Waals surface area contributed by atoms with Crippen molar-refractivity contribution in [1.29, 1.82) is 0 Å². The molecule has 4 rings (SSSR count). The molecule has 1 aliphatic heterocycles. The first-order chi connectivity index (χ1) is 12.7. The maximum atomic E-state index is 12.5. The molecule has 5 nitrogen and oxygen atoms in total. The third-order valence-electron chi connectivity index (χ3n) is 4.55. The Balaban J connectivity index is 1.37. The first-order valence-corrected chi connectivity index (χ1v) is 9.95. The second-order valence-corrected chi connectivity index (χ2v) is 7.65. The Labute approximate surface area is 157 Å². The van der Waals surface area contributed by atoms with Gasteiger partial charge in [0, 0.05) is 18.0 Å². The average Bonchev–Trinajstić information content (AvgIpc) is 3.03. The van der Waals surface area contributed by atoms with Crippen molar-refractivity contribution >= 4 is 34.5 Å². The van der Waals surface area contributed by atoms with Gasteiger partial charge in [-0.05, 0) is 36.4 Å². The lowest BCUT2D eigenvalue weighted by atomic mass is 10.0. The van der Waals surface area contributed by atoms with Gasteiger partial charge >= 0.3 is 6.03 Å². The van der Waals surface area contributed by atoms with Crippen LogP contribution in [0.2, 0.25) is 0 Å². The van der Waals surface area contributed by atoms with Crippen molar-refractivity contribution in [3.8, 4) is 0 Å². The Morgan fingerprint density at radius 3 is 2.81 bits per heavy atom. The number of nitrogens with zero attached hydrogens (tertiary/aromatic N) is 2. The molecule has 1 saturated heterocycles. The lowest BCUT2D eigenvalue weighted by molar-refractivity contribution is 0.161. The number of carbonyl (C=O) groups is 1. The highest BCUT2D eigenvalue weighted by Gasteiger charge is 2.34. The lowest BCUT2D eigenvalue weighted by Gasteiger charge is -2.38. The van der Waals surface area contributed by atoms with Gasteiger partial charge in [-0.3, -0.25) is 0 Å². The maximum Gasteiger partial charge on any atom is 0.321 e. The Morgan fingerprint density at radius 1 is 1.23 bits per heavy atom. The summed E-state index contributed by atoms with van der Waals surface area (Å²) in [6, 6.07) is 16.0. The van der Waals surface area contributed by atoms with E-state index < -0.39 is 0 Å². The van der Waals surface area contributed by atoms with E-state index in [1.165, 1.54) is 0 Å². The van der Waals surface area contributed by atoms with Crippen LogP contribution >= 0.6 is 11.8 Å². The number of benzene rings is 2. The van der Waals surface area contributed by atoms with Crippen LogP contribution in [0.15, 0.2) is 53.4 Å². The number of fused-ring (bicyclic) bond motifs is 1. The van der Waals surface area contributed by atoms with Gasteiger partial charge in [-0.15, -0.1) is 11.8 Å². The number of para-hydroxylation sites is 3. The van der Waals surface area contributed by atoms with Crippen LogP contribution in [0.25, 0.3) is 11.0 Å². The molecule has 6 heteroatoms. The molecule has 0 bridgehead atoms. The summed E-state index contributed by atoms with van der Waals surface area (Å²) < 4.78 is 0. The number of aromatic amines is 1. The number of rotatable bonds is 5. The summed E-state index contributed by atoms with van der Waals surface area (Å²) in [5.41, 5.74) is 2.92. The minimum absolute atomic E-state index is 0.0399. The molecular formula is C20H22N4OS. The van der Waals surface area contributed by atoms with Crippen LogP contribution in [0, 0.1) is 0 Å². The fraction of sp³-hybridized carbons (Fsp3) is 0.300. The number of aromatic nitrogens is 2. The Bertz CT molecular complexity index is 884. The third kappa shape index (κ3) is 3.42. The molecule has 2 heterocycles. The number of hydrogen-bond acceptors (Lipinski definition) is 3. The fourth-order valence-corrected chi connectivity index (χ4v) is 3.96. The number of hydrogen-bond donors (Lipinski definition) is 2.